The first kappa shape index (κ1) is 13.4. The van der Waals surface area contributed by atoms with Crippen molar-refractivity contribution >= 4 is 6.01 Å². The molecule has 19 heavy (non-hydrogen) atoms. The second kappa shape index (κ2) is 7.38. The van der Waals surface area contributed by atoms with Gasteiger partial charge in [-0.3, -0.25) is 0 Å². The molecule has 0 saturated heterocycles. The Morgan fingerprint density at radius 3 is 2.84 bits per heavy atom. The molecule has 2 rings (SSSR count). The van der Waals surface area contributed by atoms with E-state index < -0.39 is 0 Å². The number of rotatable bonds is 8. The predicted octanol–water partition coefficient (Wildman–Crippen LogP) is 1.75. The van der Waals surface area contributed by atoms with Crippen LogP contribution in [0.25, 0.3) is 0 Å². The second-order valence-corrected chi connectivity index (χ2v) is 3.85. The molecule has 102 valence electrons. The van der Waals surface area contributed by atoms with E-state index >= 15 is 0 Å². The van der Waals surface area contributed by atoms with Gasteiger partial charge in [-0.25, -0.2) is 0 Å². The molecule has 0 radical (unpaired) electrons. The summed E-state index contributed by atoms with van der Waals surface area (Å²) in [4.78, 5) is 4.19. The maximum atomic E-state index is 5.56. The fourth-order valence-electron chi connectivity index (χ4n) is 1.46. The fourth-order valence-corrected chi connectivity index (χ4v) is 1.46. The Labute approximate surface area is 111 Å². The summed E-state index contributed by atoms with van der Waals surface area (Å²) in [5, 5.41) is 6.82. The Bertz CT molecular complexity index is 473. The van der Waals surface area contributed by atoms with Crippen LogP contribution < -0.4 is 10.1 Å². The van der Waals surface area contributed by atoms with E-state index in [1.807, 2.05) is 30.3 Å². The molecule has 1 heterocycles. The van der Waals surface area contributed by atoms with Crippen LogP contribution in [0.2, 0.25) is 0 Å². The van der Waals surface area contributed by atoms with Crippen molar-refractivity contribution in [3.8, 4) is 5.75 Å². The van der Waals surface area contributed by atoms with Gasteiger partial charge in [0, 0.05) is 20.1 Å². The summed E-state index contributed by atoms with van der Waals surface area (Å²) in [6.07, 6.45) is 0.602. The predicted molar refractivity (Wildman–Crippen MR) is 70.3 cm³/mol. The Morgan fingerprint density at radius 1 is 1.21 bits per heavy atom. The minimum Gasteiger partial charge on any atom is -0.493 e. The first-order valence-corrected chi connectivity index (χ1v) is 6.12. The van der Waals surface area contributed by atoms with Crippen LogP contribution in [0.15, 0.2) is 34.9 Å². The van der Waals surface area contributed by atoms with Gasteiger partial charge in [-0.05, 0) is 12.1 Å². The lowest BCUT2D eigenvalue weighted by atomic mass is 10.3. The van der Waals surface area contributed by atoms with E-state index in [4.69, 9.17) is 14.0 Å². The molecule has 1 aromatic carbocycles. The van der Waals surface area contributed by atoms with Crippen molar-refractivity contribution in [2.24, 2.45) is 0 Å². The molecular formula is C13H17N3O3. The molecule has 0 aliphatic carbocycles. The van der Waals surface area contributed by atoms with Gasteiger partial charge in [0.25, 0.3) is 0 Å². The van der Waals surface area contributed by atoms with Gasteiger partial charge in [-0.1, -0.05) is 23.4 Å². The monoisotopic (exact) mass is 263 g/mol. The standard InChI is InChI=1S/C13H17N3O3/c1-17-10-8-14-13-15-12(16-19-13)7-9-18-11-5-3-2-4-6-11/h2-6H,7-10H2,1H3,(H,14,15,16). The van der Waals surface area contributed by atoms with Gasteiger partial charge in [0.2, 0.25) is 0 Å². The molecule has 0 amide bonds. The topological polar surface area (TPSA) is 69.4 Å². The summed E-state index contributed by atoms with van der Waals surface area (Å²) in [7, 11) is 1.64. The van der Waals surface area contributed by atoms with Crippen LogP contribution in [0.1, 0.15) is 5.82 Å². The smallest absolute Gasteiger partial charge is 0.321 e. The SMILES string of the molecule is COCCNc1nc(CCOc2ccccc2)no1. The molecule has 6 heteroatoms. The van der Waals surface area contributed by atoms with Crippen molar-refractivity contribution in [1.82, 2.24) is 10.1 Å². The third-order valence-electron chi connectivity index (χ3n) is 2.39. The van der Waals surface area contributed by atoms with E-state index in [2.05, 4.69) is 15.5 Å². The number of para-hydroxylation sites is 1. The zero-order chi connectivity index (χ0) is 13.3. The van der Waals surface area contributed by atoms with Crippen molar-refractivity contribution in [3.05, 3.63) is 36.2 Å². The second-order valence-electron chi connectivity index (χ2n) is 3.85. The Balaban J connectivity index is 1.71. The third-order valence-corrected chi connectivity index (χ3v) is 2.39. The molecule has 1 N–H and O–H groups in total. The van der Waals surface area contributed by atoms with Gasteiger partial charge in [-0.15, -0.1) is 0 Å². The molecule has 0 saturated carbocycles. The van der Waals surface area contributed by atoms with E-state index in [1.54, 1.807) is 7.11 Å². The largest absolute Gasteiger partial charge is 0.493 e. The number of nitrogens with one attached hydrogen (secondary N) is 1. The Hall–Kier alpha value is -2.08. The van der Waals surface area contributed by atoms with Crippen molar-refractivity contribution in [3.63, 3.8) is 0 Å². The maximum absolute atomic E-state index is 5.56. The number of anilines is 1. The number of hydrogen-bond acceptors (Lipinski definition) is 6. The average molecular weight is 263 g/mol. The van der Waals surface area contributed by atoms with E-state index in [1.165, 1.54) is 0 Å². The highest BCUT2D eigenvalue weighted by Crippen LogP contribution is 2.09. The lowest BCUT2D eigenvalue weighted by Gasteiger charge is -2.02. The fraction of sp³-hybridized carbons (Fsp3) is 0.385. The number of nitrogens with zero attached hydrogens (tertiary/aromatic N) is 2. The number of methoxy groups -OCH3 is 1. The highest BCUT2D eigenvalue weighted by atomic mass is 16.5. The summed E-state index contributed by atoms with van der Waals surface area (Å²) in [5.74, 6) is 1.46. The molecule has 2 aromatic rings. The number of ether oxygens (including phenoxy) is 2. The first-order valence-electron chi connectivity index (χ1n) is 6.12. The van der Waals surface area contributed by atoms with Crippen molar-refractivity contribution in [2.75, 3.05) is 32.2 Å². The van der Waals surface area contributed by atoms with Gasteiger partial charge in [-0.2, -0.15) is 4.98 Å². The number of aromatic nitrogens is 2. The van der Waals surface area contributed by atoms with Gasteiger partial charge in [0.05, 0.1) is 13.2 Å². The summed E-state index contributed by atoms with van der Waals surface area (Å²) in [5.41, 5.74) is 0. The minimum atomic E-state index is 0.409. The maximum Gasteiger partial charge on any atom is 0.321 e. The minimum absolute atomic E-state index is 0.409. The molecule has 0 spiro atoms. The van der Waals surface area contributed by atoms with Crippen LogP contribution in [0.5, 0.6) is 5.75 Å². The number of hydrogen-bond donors (Lipinski definition) is 1. The summed E-state index contributed by atoms with van der Waals surface area (Å²) in [6.45, 7) is 1.74. The van der Waals surface area contributed by atoms with Crippen LogP contribution in [-0.4, -0.2) is 37.0 Å². The van der Waals surface area contributed by atoms with Crippen LogP contribution in [0.4, 0.5) is 6.01 Å². The highest BCUT2D eigenvalue weighted by molar-refractivity contribution is 5.21. The van der Waals surface area contributed by atoms with E-state index in [0.29, 0.717) is 38.0 Å². The quantitative estimate of drug-likeness (QED) is 0.732. The number of benzene rings is 1. The van der Waals surface area contributed by atoms with Gasteiger partial charge < -0.3 is 19.3 Å². The molecule has 0 fully saturated rings. The third kappa shape index (κ3) is 4.59. The molecule has 0 aliphatic rings. The molecular weight excluding hydrogens is 246 g/mol. The van der Waals surface area contributed by atoms with E-state index in [0.717, 1.165) is 5.75 Å². The lowest BCUT2D eigenvalue weighted by Crippen LogP contribution is -2.08. The lowest BCUT2D eigenvalue weighted by molar-refractivity contribution is 0.210. The van der Waals surface area contributed by atoms with E-state index in [-0.39, 0.29) is 0 Å². The molecule has 0 atom stereocenters. The normalized spacial score (nSPS) is 10.4. The van der Waals surface area contributed by atoms with Crippen molar-refractivity contribution in [1.29, 1.82) is 0 Å². The van der Waals surface area contributed by atoms with Gasteiger partial charge in [0.15, 0.2) is 5.82 Å². The molecule has 1 aromatic heterocycles. The van der Waals surface area contributed by atoms with Crippen LogP contribution >= 0.6 is 0 Å². The molecule has 0 unspecified atom stereocenters. The molecule has 0 bridgehead atoms. The summed E-state index contributed by atoms with van der Waals surface area (Å²) >= 11 is 0. The summed E-state index contributed by atoms with van der Waals surface area (Å²) < 4.78 is 15.5. The van der Waals surface area contributed by atoms with Gasteiger partial charge in [0.1, 0.15) is 5.75 Å². The summed E-state index contributed by atoms with van der Waals surface area (Å²) in [6, 6.07) is 10.0. The van der Waals surface area contributed by atoms with Crippen LogP contribution in [-0.2, 0) is 11.2 Å². The first-order chi connectivity index (χ1) is 9.38. The molecule has 0 aliphatic heterocycles. The Morgan fingerprint density at radius 2 is 2.05 bits per heavy atom. The Kier molecular flexibility index (Phi) is 5.18. The zero-order valence-corrected chi connectivity index (χ0v) is 10.8. The van der Waals surface area contributed by atoms with Crippen LogP contribution in [0.3, 0.4) is 0 Å². The molecule has 6 nitrogen and oxygen atoms in total. The zero-order valence-electron chi connectivity index (χ0n) is 10.8. The van der Waals surface area contributed by atoms with Crippen molar-refractivity contribution in [2.45, 2.75) is 6.42 Å². The van der Waals surface area contributed by atoms with Crippen LogP contribution in [0, 0.1) is 0 Å². The van der Waals surface area contributed by atoms with Gasteiger partial charge >= 0.3 is 6.01 Å². The average Bonchev–Trinajstić information content (AvgIpc) is 2.88. The van der Waals surface area contributed by atoms with E-state index in [9.17, 15) is 0 Å². The highest BCUT2D eigenvalue weighted by Gasteiger charge is 2.05. The van der Waals surface area contributed by atoms with Crippen molar-refractivity contribution < 1.29 is 14.0 Å².